The minimum absolute atomic E-state index is 0.0535. The number of carbonyl (C=O) groups excluding carboxylic acids is 1. The van der Waals surface area contributed by atoms with Crippen LogP contribution in [0.2, 0.25) is 0 Å². The third-order valence-electron chi connectivity index (χ3n) is 3.69. The van der Waals surface area contributed by atoms with E-state index in [-0.39, 0.29) is 27.9 Å². The summed E-state index contributed by atoms with van der Waals surface area (Å²) in [5.41, 5.74) is 0.527. The molecule has 0 unspecified atom stereocenters. The van der Waals surface area contributed by atoms with Gasteiger partial charge in [0, 0.05) is 23.8 Å². The Hall–Kier alpha value is -3.28. The zero-order valence-electron chi connectivity index (χ0n) is 13.7. The van der Waals surface area contributed by atoms with E-state index in [1.807, 2.05) is 30.3 Å². The van der Waals surface area contributed by atoms with Crippen LogP contribution in [-0.4, -0.2) is 24.3 Å². The molecule has 1 atom stereocenters. The Morgan fingerprint density at radius 2 is 1.88 bits per heavy atom. The predicted molar refractivity (Wildman–Crippen MR) is 91.7 cm³/mol. The third-order valence-corrected chi connectivity index (χ3v) is 3.69. The molecule has 1 aromatic heterocycles. The van der Waals surface area contributed by atoms with Gasteiger partial charge < -0.3 is 19.0 Å². The van der Waals surface area contributed by atoms with Gasteiger partial charge in [0.1, 0.15) is 28.2 Å². The number of fused-ring (bicyclic) bond motifs is 1. The highest BCUT2D eigenvalue weighted by Gasteiger charge is 2.18. The van der Waals surface area contributed by atoms with Crippen molar-refractivity contribution in [2.45, 2.75) is 13.0 Å². The molecule has 0 spiro atoms. The van der Waals surface area contributed by atoms with Gasteiger partial charge in [-0.25, -0.2) is 4.79 Å². The van der Waals surface area contributed by atoms with Crippen molar-refractivity contribution in [3.05, 3.63) is 58.8 Å². The van der Waals surface area contributed by atoms with Crippen molar-refractivity contribution >= 4 is 16.9 Å². The summed E-state index contributed by atoms with van der Waals surface area (Å²) in [6.07, 6.45) is -0.870. The summed E-state index contributed by atoms with van der Waals surface area (Å²) in [5, 5.41) is 10.2. The van der Waals surface area contributed by atoms with Gasteiger partial charge in [-0.05, 0) is 6.92 Å². The predicted octanol–water partition coefficient (Wildman–Crippen LogP) is 3.11. The summed E-state index contributed by atoms with van der Waals surface area (Å²) in [7, 11) is 1.26. The van der Waals surface area contributed by atoms with Crippen molar-refractivity contribution in [2.24, 2.45) is 0 Å². The van der Waals surface area contributed by atoms with Crippen molar-refractivity contribution in [3.63, 3.8) is 0 Å². The van der Waals surface area contributed by atoms with E-state index in [4.69, 9.17) is 9.15 Å². The lowest BCUT2D eigenvalue weighted by Gasteiger charge is -2.13. The van der Waals surface area contributed by atoms with Crippen LogP contribution < -0.4 is 10.2 Å². The molecule has 2 aromatic carbocycles. The number of hydrogen-bond acceptors (Lipinski definition) is 6. The molecule has 0 fully saturated rings. The van der Waals surface area contributed by atoms with Crippen LogP contribution in [0.25, 0.3) is 22.3 Å². The average molecular weight is 340 g/mol. The number of phenolic OH excluding ortho intramolecular Hbond substituents is 1. The Morgan fingerprint density at radius 3 is 2.56 bits per heavy atom. The topological polar surface area (TPSA) is 86.0 Å². The molecule has 3 aromatic rings. The van der Waals surface area contributed by atoms with Crippen LogP contribution >= 0.6 is 0 Å². The van der Waals surface area contributed by atoms with Crippen LogP contribution in [0.5, 0.6) is 11.5 Å². The number of carbonyl (C=O) groups is 1. The maximum Gasteiger partial charge on any atom is 0.346 e. The molecule has 0 saturated heterocycles. The van der Waals surface area contributed by atoms with Crippen molar-refractivity contribution in [1.82, 2.24) is 0 Å². The molecular formula is C19H16O6. The second kappa shape index (κ2) is 6.68. The number of esters is 1. The van der Waals surface area contributed by atoms with Crippen LogP contribution in [0.15, 0.2) is 57.7 Å². The normalized spacial score (nSPS) is 11.9. The third kappa shape index (κ3) is 3.33. The van der Waals surface area contributed by atoms with E-state index in [0.717, 1.165) is 5.56 Å². The number of aromatic hydroxyl groups is 1. The number of phenols is 1. The van der Waals surface area contributed by atoms with Crippen LogP contribution in [0, 0.1) is 0 Å². The van der Waals surface area contributed by atoms with Gasteiger partial charge in [0.15, 0.2) is 11.5 Å². The number of methoxy groups -OCH3 is 1. The largest absolute Gasteiger partial charge is 0.507 e. The summed E-state index contributed by atoms with van der Waals surface area (Å²) in [6.45, 7) is 1.52. The molecule has 0 amide bonds. The van der Waals surface area contributed by atoms with E-state index in [1.165, 1.54) is 32.2 Å². The van der Waals surface area contributed by atoms with Crippen LogP contribution in [0.4, 0.5) is 0 Å². The molecule has 3 rings (SSSR count). The second-order valence-corrected chi connectivity index (χ2v) is 5.44. The van der Waals surface area contributed by atoms with Crippen molar-refractivity contribution in [2.75, 3.05) is 7.11 Å². The van der Waals surface area contributed by atoms with Crippen LogP contribution in [-0.2, 0) is 9.53 Å². The molecule has 1 N–H and O–H groups in total. The van der Waals surface area contributed by atoms with Gasteiger partial charge in [-0.15, -0.1) is 0 Å². The van der Waals surface area contributed by atoms with Gasteiger partial charge in [0.25, 0.3) is 0 Å². The first kappa shape index (κ1) is 16.6. The van der Waals surface area contributed by atoms with Crippen LogP contribution in [0.1, 0.15) is 6.92 Å². The highest BCUT2D eigenvalue weighted by atomic mass is 16.6. The van der Waals surface area contributed by atoms with Gasteiger partial charge in [0.2, 0.25) is 0 Å². The summed E-state index contributed by atoms with van der Waals surface area (Å²) < 4.78 is 15.8. The van der Waals surface area contributed by atoms with Gasteiger partial charge in [-0.2, -0.15) is 0 Å². The molecule has 1 heterocycles. The lowest BCUT2D eigenvalue weighted by atomic mass is 10.1. The fourth-order valence-corrected chi connectivity index (χ4v) is 2.47. The smallest absolute Gasteiger partial charge is 0.346 e. The minimum atomic E-state index is -0.870. The lowest BCUT2D eigenvalue weighted by Crippen LogP contribution is -2.24. The minimum Gasteiger partial charge on any atom is -0.507 e. The summed E-state index contributed by atoms with van der Waals surface area (Å²) in [5.74, 6) is -0.274. The Balaban J connectivity index is 2.09. The number of ether oxygens (including phenoxy) is 2. The molecule has 6 heteroatoms. The van der Waals surface area contributed by atoms with Gasteiger partial charge >= 0.3 is 5.97 Å². The number of rotatable bonds is 4. The zero-order chi connectivity index (χ0) is 18.0. The Bertz CT molecular complexity index is 974. The van der Waals surface area contributed by atoms with Gasteiger partial charge in [0.05, 0.1) is 7.11 Å². The number of benzene rings is 2. The summed E-state index contributed by atoms with van der Waals surface area (Å²) in [6, 6.07) is 13.2. The quantitative estimate of drug-likeness (QED) is 0.735. The fourth-order valence-electron chi connectivity index (χ4n) is 2.47. The second-order valence-electron chi connectivity index (χ2n) is 5.44. The molecule has 0 aliphatic heterocycles. The van der Waals surface area contributed by atoms with E-state index in [0.29, 0.717) is 5.76 Å². The van der Waals surface area contributed by atoms with Gasteiger partial charge in [-0.3, -0.25) is 4.79 Å². The zero-order valence-corrected chi connectivity index (χ0v) is 13.7. The van der Waals surface area contributed by atoms with Gasteiger partial charge in [-0.1, -0.05) is 30.3 Å². The molecule has 0 bridgehead atoms. The SMILES string of the molecule is COC(=O)[C@H](C)Oc1cc(O)c2c(=O)cc(-c3ccccc3)oc2c1. The number of hydrogen-bond donors (Lipinski definition) is 1. The monoisotopic (exact) mass is 340 g/mol. The van der Waals surface area contributed by atoms with E-state index < -0.39 is 12.1 Å². The first-order chi connectivity index (χ1) is 12.0. The Morgan fingerprint density at radius 1 is 1.16 bits per heavy atom. The maximum atomic E-state index is 12.3. The molecule has 25 heavy (non-hydrogen) atoms. The van der Waals surface area contributed by atoms with E-state index in [2.05, 4.69) is 4.74 Å². The summed E-state index contributed by atoms with van der Waals surface area (Å²) >= 11 is 0. The fraction of sp³-hybridized carbons (Fsp3) is 0.158. The van der Waals surface area contributed by atoms with E-state index in [1.54, 1.807) is 0 Å². The lowest BCUT2D eigenvalue weighted by molar-refractivity contribution is -0.147. The molecule has 0 aliphatic carbocycles. The maximum absolute atomic E-state index is 12.3. The molecule has 0 radical (unpaired) electrons. The summed E-state index contributed by atoms with van der Waals surface area (Å²) in [4.78, 5) is 23.8. The molecule has 6 nitrogen and oxygen atoms in total. The Labute approximate surface area is 143 Å². The van der Waals surface area contributed by atoms with Crippen molar-refractivity contribution in [3.8, 4) is 22.8 Å². The van der Waals surface area contributed by atoms with Crippen molar-refractivity contribution < 1.29 is 23.8 Å². The first-order valence-corrected chi connectivity index (χ1v) is 7.60. The standard InChI is InChI=1S/C19H16O6/c1-11(19(22)23-2)24-13-8-14(20)18-15(21)10-16(25-17(18)9-13)12-6-4-3-5-7-12/h3-11,20H,1-2H3/t11-/m0/s1. The Kier molecular flexibility index (Phi) is 4.43. The highest BCUT2D eigenvalue weighted by Crippen LogP contribution is 2.31. The molecule has 128 valence electrons. The van der Waals surface area contributed by atoms with Crippen LogP contribution in [0.3, 0.4) is 0 Å². The van der Waals surface area contributed by atoms with E-state index >= 15 is 0 Å². The molecule has 0 saturated carbocycles. The van der Waals surface area contributed by atoms with E-state index in [9.17, 15) is 14.7 Å². The highest BCUT2D eigenvalue weighted by molar-refractivity contribution is 5.86. The molecular weight excluding hydrogens is 324 g/mol. The van der Waals surface area contributed by atoms with Crippen molar-refractivity contribution in [1.29, 1.82) is 0 Å². The average Bonchev–Trinajstić information content (AvgIpc) is 2.60. The molecule has 0 aliphatic rings. The first-order valence-electron chi connectivity index (χ1n) is 7.60.